The molecule has 2 amide bonds. The fourth-order valence-electron chi connectivity index (χ4n) is 4.20. The highest BCUT2D eigenvalue weighted by molar-refractivity contribution is 5.98. The molecule has 3 saturated heterocycles. The van der Waals surface area contributed by atoms with Crippen LogP contribution < -0.4 is 10.6 Å². The molecule has 2 N–H and O–H groups in total. The number of nitrogens with zero attached hydrogens (tertiary/aromatic N) is 1. The van der Waals surface area contributed by atoms with Crippen LogP contribution in [0.15, 0.2) is 24.3 Å². The first-order valence-electron chi connectivity index (χ1n) is 9.28. The van der Waals surface area contributed by atoms with Crippen molar-refractivity contribution in [2.24, 2.45) is 0 Å². The number of amides is 2. The molecule has 1 aromatic carbocycles. The highest BCUT2D eigenvalue weighted by Crippen LogP contribution is 2.30. The van der Waals surface area contributed by atoms with E-state index < -0.39 is 0 Å². The van der Waals surface area contributed by atoms with Crippen molar-refractivity contribution in [3.63, 3.8) is 0 Å². The third-order valence-corrected chi connectivity index (χ3v) is 5.49. The van der Waals surface area contributed by atoms with Crippen molar-refractivity contribution in [3.05, 3.63) is 29.8 Å². The Morgan fingerprint density at radius 1 is 1.15 bits per heavy atom. The average Bonchev–Trinajstić information content (AvgIpc) is 3.22. The summed E-state index contributed by atoms with van der Waals surface area (Å²) in [5, 5.41) is 6.30. The zero-order chi connectivity index (χ0) is 17.2. The van der Waals surface area contributed by atoms with Gasteiger partial charge in [-0.05, 0) is 56.8 Å². The van der Waals surface area contributed by atoms with Crippen LogP contribution in [0.1, 0.15) is 42.5 Å². The second-order valence-electron chi connectivity index (χ2n) is 7.16. The van der Waals surface area contributed by atoms with Crippen LogP contribution in [0.25, 0.3) is 0 Å². The Kier molecular flexibility index (Phi) is 6.16. The number of carbonyl (C=O) groups excluding carboxylic acids is 2. The highest BCUT2D eigenvalue weighted by Gasteiger charge is 2.38. The van der Waals surface area contributed by atoms with Gasteiger partial charge in [-0.1, -0.05) is 6.07 Å². The van der Waals surface area contributed by atoms with Crippen LogP contribution in [0.5, 0.6) is 0 Å². The molecule has 3 atom stereocenters. The molecule has 3 unspecified atom stereocenters. The third-order valence-electron chi connectivity index (χ3n) is 5.49. The second-order valence-corrected chi connectivity index (χ2v) is 7.16. The molecule has 3 aliphatic rings. The van der Waals surface area contributed by atoms with Gasteiger partial charge in [0, 0.05) is 36.5 Å². The Balaban J connectivity index is 0.00000196. The number of fused-ring (bicyclic) bond motifs is 2. The summed E-state index contributed by atoms with van der Waals surface area (Å²) in [6.07, 6.45) is 4.48. The summed E-state index contributed by atoms with van der Waals surface area (Å²) in [6.45, 7) is 2.49. The Labute approximate surface area is 160 Å². The largest absolute Gasteiger partial charge is 0.368 e. The minimum atomic E-state index is -0.369. The first kappa shape index (κ1) is 19.1. The van der Waals surface area contributed by atoms with E-state index in [2.05, 4.69) is 15.5 Å². The van der Waals surface area contributed by atoms with Crippen LogP contribution in [0.2, 0.25) is 0 Å². The van der Waals surface area contributed by atoms with E-state index in [0.717, 1.165) is 45.2 Å². The van der Waals surface area contributed by atoms with Crippen LogP contribution in [0.3, 0.4) is 0 Å². The highest BCUT2D eigenvalue weighted by atomic mass is 35.5. The quantitative estimate of drug-likeness (QED) is 0.844. The van der Waals surface area contributed by atoms with E-state index in [9.17, 15) is 9.59 Å². The number of halogens is 1. The van der Waals surface area contributed by atoms with E-state index in [1.807, 2.05) is 18.2 Å². The van der Waals surface area contributed by atoms with E-state index in [4.69, 9.17) is 4.74 Å². The van der Waals surface area contributed by atoms with E-state index in [0.29, 0.717) is 23.9 Å². The van der Waals surface area contributed by atoms with Gasteiger partial charge in [-0.15, -0.1) is 12.4 Å². The van der Waals surface area contributed by atoms with Crippen LogP contribution in [-0.4, -0.2) is 54.6 Å². The van der Waals surface area contributed by atoms with Crippen molar-refractivity contribution >= 4 is 29.9 Å². The molecule has 6 nitrogen and oxygen atoms in total. The average molecular weight is 380 g/mol. The number of rotatable bonds is 3. The maximum atomic E-state index is 13.1. The molecule has 0 aliphatic carbocycles. The Bertz CT molecular complexity index is 649. The smallest absolute Gasteiger partial charge is 0.254 e. The standard InChI is InChI=1S/C19H25N3O3.ClH/c23-18(17-5-2-10-25-17)21-14-4-1-3-13(11-14)19(24)22-15-6-7-16(22)12-20-9-8-15;/h1,3-4,11,15-17,20H,2,5-10,12H2,(H,21,23);1H. The molecule has 3 heterocycles. The van der Waals surface area contributed by atoms with Crippen LogP contribution in [0, 0.1) is 0 Å². The van der Waals surface area contributed by atoms with Crippen molar-refractivity contribution in [3.8, 4) is 0 Å². The summed E-state index contributed by atoms with van der Waals surface area (Å²) >= 11 is 0. The van der Waals surface area contributed by atoms with Gasteiger partial charge in [0.05, 0.1) is 0 Å². The molecule has 26 heavy (non-hydrogen) atoms. The fraction of sp³-hybridized carbons (Fsp3) is 0.579. The van der Waals surface area contributed by atoms with Crippen molar-refractivity contribution in [1.29, 1.82) is 0 Å². The summed E-state index contributed by atoms with van der Waals surface area (Å²) in [5.74, 6) is -0.0504. The van der Waals surface area contributed by atoms with Crippen LogP contribution >= 0.6 is 12.4 Å². The lowest BCUT2D eigenvalue weighted by molar-refractivity contribution is -0.124. The zero-order valence-electron chi connectivity index (χ0n) is 14.8. The van der Waals surface area contributed by atoms with Gasteiger partial charge in [-0.2, -0.15) is 0 Å². The maximum Gasteiger partial charge on any atom is 0.254 e. The number of hydrogen-bond donors (Lipinski definition) is 2. The van der Waals surface area contributed by atoms with E-state index in [1.165, 1.54) is 0 Å². The number of nitrogens with one attached hydrogen (secondary N) is 2. The fourth-order valence-corrected chi connectivity index (χ4v) is 4.20. The van der Waals surface area contributed by atoms with Gasteiger partial charge >= 0.3 is 0 Å². The molecule has 0 aromatic heterocycles. The van der Waals surface area contributed by atoms with Gasteiger partial charge in [0.25, 0.3) is 11.8 Å². The van der Waals surface area contributed by atoms with Gasteiger partial charge in [0.15, 0.2) is 0 Å². The SMILES string of the molecule is Cl.O=C(Nc1cccc(C(=O)N2C3CCNCC2CC3)c1)C1CCCO1. The Hall–Kier alpha value is -1.63. The summed E-state index contributed by atoms with van der Waals surface area (Å²) in [4.78, 5) is 27.3. The summed E-state index contributed by atoms with van der Waals surface area (Å²) < 4.78 is 5.42. The molecule has 142 valence electrons. The minimum Gasteiger partial charge on any atom is -0.368 e. The van der Waals surface area contributed by atoms with Crippen molar-refractivity contribution in [2.75, 3.05) is 25.0 Å². The van der Waals surface area contributed by atoms with Crippen LogP contribution in [0.4, 0.5) is 5.69 Å². The number of hydrogen-bond acceptors (Lipinski definition) is 4. The molecule has 0 spiro atoms. The van der Waals surface area contributed by atoms with Gasteiger partial charge < -0.3 is 20.3 Å². The predicted octanol–water partition coefficient (Wildman–Crippen LogP) is 2.19. The lowest BCUT2D eigenvalue weighted by Gasteiger charge is -2.28. The molecular formula is C19H26ClN3O3. The summed E-state index contributed by atoms with van der Waals surface area (Å²) in [7, 11) is 0. The van der Waals surface area contributed by atoms with E-state index >= 15 is 0 Å². The molecule has 3 fully saturated rings. The molecule has 4 rings (SSSR count). The second kappa shape index (κ2) is 8.37. The number of benzene rings is 1. The molecule has 2 bridgehead atoms. The lowest BCUT2D eigenvalue weighted by Crippen LogP contribution is -2.42. The first-order valence-corrected chi connectivity index (χ1v) is 9.28. The normalized spacial score (nSPS) is 27.5. The molecule has 3 aliphatic heterocycles. The predicted molar refractivity (Wildman–Crippen MR) is 102 cm³/mol. The van der Waals surface area contributed by atoms with Crippen LogP contribution in [-0.2, 0) is 9.53 Å². The van der Waals surface area contributed by atoms with Crippen molar-refractivity contribution in [2.45, 2.75) is 50.3 Å². The lowest BCUT2D eigenvalue weighted by atomic mass is 10.1. The van der Waals surface area contributed by atoms with Gasteiger partial charge in [-0.25, -0.2) is 0 Å². The number of ether oxygens (including phenoxy) is 1. The summed E-state index contributed by atoms with van der Waals surface area (Å²) in [6, 6.07) is 7.88. The summed E-state index contributed by atoms with van der Waals surface area (Å²) in [5.41, 5.74) is 1.30. The first-order chi connectivity index (χ1) is 12.2. The maximum absolute atomic E-state index is 13.1. The molecular weight excluding hydrogens is 354 g/mol. The zero-order valence-corrected chi connectivity index (χ0v) is 15.6. The number of anilines is 1. The van der Waals surface area contributed by atoms with Gasteiger partial charge in [0.1, 0.15) is 6.10 Å². The van der Waals surface area contributed by atoms with E-state index in [-0.39, 0.29) is 36.4 Å². The van der Waals surface area contributed by atoms with Crippen molar-refractivity contribution < 1.29 is 14.3 Å². The number of carbonyl (C=O) groups is 2. The van der Waals surface area contributed by atoms with E-state index in [1.54, 1.807) is 6.07 Å². The molecule has 0 saturated carbocycles. The molecule has 7 heteroatoms. The Morgan fingerprint density at radius 3 is 2.81 bits per heavy atom. The van der Waals surface area contributed by atoms with Gasteiger partial charge in [0.2, 0.25) is 0 Å². The monoisotopic (exact) mass is 379 g/mol. The minimum absolute atomic E-state index is 0. The topological polar surface area (TPSA) is 70.7 Å². The molecule has 1 aromatic rings. The Morgan fingerprint density at radius 2 is 2.00 bits per heavy atom. The third kappa shape index (κ3) is 3.87. The van der Waals surface area contributed by atoms with Crippen molar-refractivity contribution in [1.82, 2.24) is 10.2 Å². The van der Waals surface area contributed by atoms with Gasteiger partial charge in [-0.3, -0.25) is 9.59 Å². The molecule has 0 radical (unpaired) electrons.